The molecule has 1 aromatic heterocycles. The second-order valence-electron chi connectivity index (χ2n) is 4.50. The van der Waals surface area contributed by atoms with Crippen LogP contribution in [0, 0.1) is 5.92 Å². The van der Waals surface area contributed by atoms with E-state index in [1.807, 2.05) is 11.3 Å². The molecule has 1 aliphatic rings. The van der Waals surface area contributed by atoms with Gasteiger partial charge in [-0.05, 0) is 43.3 Å². The molecule has 0 aliphatic heterocycles. The number of nitrogens with one attached hydrogen (secondary N) is 1. The van der Waals surface area contributed by atoms with Crippen LogP contribution in [-0.4, -0.2) is 13.1 Å². The molecule has 2 atom stereocenters. The van der Waals surface area contributed by atoms with E-state index in [0.29, 0.717) is 5.41 Å². The Kier molecular flexibility index (Phi) is 2.93. The molecule has 0 aromatic carbocycles. The Balaban J connectivity index is 1.84. The lowest BCUT2D eigenvalue weighted by atomic mass is 10.0. The molecule has 78 valence electrons. The summed E-state index contributed by atoms with van der Waals surface area (Å²) in [4.78, 5) is 1.57. The molecule has 0 amide bonds. The molecule has 0 radical (unpaired) electrons. The Morgan fingerprint density at radius 1 is 1.64 bits per heavy atom. The summed E-state index contributed by atoms with van der Waals surface area (Å²) < 4.78 is 0. The van der Waals surface area contributed by atoms with Crippen LogP contribution in [0.25, 0.3) is 0 Å². The quantitative estimate of drug-likeness (QED) is 0.735. The van der Waals surface area contributed by atoms with Crippen molar-refractivity contribution in [2.75, 3.05) is 13.1 Å². The fraction of sp³-hybridized carbons (Fsp3) is 0.667. The highest BCUT2D eigenvalue weighted by molar-refractivity contribution is 7.10. The summed E-state index contributed by atoms with van der Waals surface area (Å²) in [5.74, 6) is 0.868. The van der Waals surface area contributed by atoms with Gasteiger partial charge < -0.3 is 5.32 Å². The van der Waals surface area contributed by atoms with Gasteiger partial charge in [0, 0.05) is 10.3 Å². The SMILES string of the molecule is CCCNCC1CC1(C)c1cccs1. The Morgan fingerprint density at radius 3 is 3.14 bits per heavy atom. The van der Waals surface area contributed by atoms with Crippen LogP contribution in [0.4, 0.5) is 0 Å². The van der Waals surface area contributed by atoms with E-state index >= 15 is 0 Å². The number of rotatable bonds is 5. The van der Waals surface area contributed by atoms with Gasteiger partial charge >= 0.3 is 0 Å². The third kappa shape index (κ3) is 1.86. The van der Waals surface area contributed by atoms with Crippen molar-refractivity contribution in [2.45, 2.75) is 32.1 Å². The third-order valence-corrected chi connectivity index (χ3v) is 4.46. The van der Waals surface area contributed by atoms with E-state index in [1.165, 1.54) is 19.4 Å². The van der Waals surface area contributed by atoms with E-state index in [9.17, 15) is 0 Å². The maximum Gasteiger partial charge on any atom is 0.0108 e. The molecule has 1 saturated carbocycles. The molecule has 1 heterocycles. The second-order valence-corrected chi connectivity index (χ2v) is 5.45. The molecule has 2 unspecified atom stereocenters. The van der Waals surface area contributed by atoms with Gasteiger partial charge in [-0.15, -0.1) is 11.3 Å². The topological polar surface area (TPSA) is 12.0 Å². The van der Waals surface area contributed by atoms with E-state index < -0.39 is 0 Å². The van der Waals surface area contributed by atoms with Gasteiger partial charge in [-0.25, -0.2) is 0 Å². The first-order chi connectivity index (χ1) is 6.77. The van der Waals surface area contributed by atoms with Crippen molar-refractivity contribution in [1.29, 1.82) is 0 Å². The second kappa shape index (κ2) is 4.03. The minimum atomic E-state index is 0.495. The van der Waals surface area contributed by atoms with E-state index in [2.05, 4.69) is 36.7 Å². The van der Waals surface area contributed by atoms with Crippen molar-refractivity contribution in [3.8, 4) is 0 Å². The number of hydrogen-bond donors (Lipinski definition) is 1. The highest BCUT2D eigenvalue weighted by atomic mass is 32.1. The van der Waals surface area contributed by atoms with Gasteiger partial charge in [0.05, 0.1) is 0 Å². The standard InChI is InChI=1S/C12H19NS/c1-3-6-13-9-10-8-12(10,2)11-5-4-7-14-11/h4-5,7,10,13H,3,6,8-9H2,1-2H3. The first-order valence-corrected chi connectivity index (χ1v) is 6.40. The average Bonchev–Trinajstić information content (AvgIpc) is 2.69. The van der Waals surface area contributed by atoms with Gasteiger partial charge in [-0.1, -0.05) is 19.9 Å². The van der Waals surface area contributed by atoms with Crippen LogP contribution in [-0.2, 0) is 5.41 Å². The van der Waals surface area contributed by atoms with E-state index in [4.69, 9.17) is 0 Å². The van der Waals surface area contributed by atoms with Crippen molar-refractivity contribution in [3.05, 3.63) is 22.4 Å². The molecular weight excluding hydrogens is 190 g/mol. The summed E-state index contributed by atoms with van der Waals surface area (Å²) in [6, 6.07) is 4.45. The van der Waals surface area contributed by atoms with Crippen LogP contribution in [0.3, 0.4) is 0 Å². The van der Waals surface area contributed by atoms with Crippen molar-refractivity contribution in [2.24, 2.45) is 5.92 Å². The molecule has 14 heavy (non-hydrogen) atoms. The van der Waals surface area contributed by atoms with Gasteiger partial charge in [-0.3, -0.25) is 0 Å². The molecule has 0 spiro atoms. The van der Waals surface area contributed by atoms with Crippen molar-refractivity contribution in [1.82, 2.24) is 5.32 Å². The minimum Gasteiger partial charge on any atom is -0.316 e. The number of thiophene rings is 1. The molecule has 2 rings (SSSR count). The van der Waals surface area contributed by atoms with Crippen LogP contribution in [0.5, 0.6) is 0 Å². The predicted molar refractivity (Wildman–Crippen MR) is 62.9 cm³/mol. The van der Waals surface area contributed by atoms with E-state index in [0.717, 1.165) is 12.5 Å². The summed E-state index contributed by atoms with van der Waals surface area (Å²) in [5, 5.41) is 5.71. The highest BCUT2D eigenvalue weighted by Gasteiger charge is 2.51. The van der Waals surface area contributed by atoms with Gasteiger partial charge in [-0.2, -0.15) is 0 Å². The summed E-state index contributed by atoms with van der Waals surface area (Å²) in [7, 11) is 0. The lowest BCUT2D eigenvalue weighted by molar-refractivity contribution is 0.579. The summed E-state index contributed by atoms with van der Waals surface area (Å²) >= 11 is 1.91. The normalized spacial score (nSPS) is 30.6. The largest absolute Gasteiger partial charge is 0.316 e. The first kappa shape index (κ1) is 10.2. The lowest BCUT2D eigenvalue weighted by Gasteiger charge is -2.09. The molecule has 1 nitrogen and oxygen atoms in total. The zero-order valence-corrected chi connectivity index (χ0v) is 9.86. The maximum absolute atomic E-state index is 3.52. The Bertz CT molecular complexity index is 281. The van der Waals surface area contributed by atoms with Crippen molar-refractivity contribution in [3.63, 3.8) is 0 Å². The third-order valence-electron chi connectivity index (χ3n) is 3.31. The smallest absolute Gasteiger partial charge is 0.0108 e. The molecular formula is C12H19NS. The molecule has 2 heteroatoms. The monoisotopic (exact) mass is 209 g/mol. The average molecular weight is 209 g/mol. The van der Waals surface area contributed by atoms with E-state index in [1.54, 1.807) is 4.88 Å². The van der Waals surface area contributed by atoms with Crippen LogP contribution < -0.4 is 5.32 Å². The highest BCUT2D eigenvalue weighted by Crippen LogP contribution is 2.54. The molecule has 1 fully saturated rings. The fourth-order valence-corrected chi connectivity index (χ4v) is 3.09. The van der Waals surface area contributed by atoms with Crippen LogP contribution >= 0.6 is 11.3 Å². The van der Waals surface area contributed by atoms with Crippen molar-refractivity contribution < 1.29 is 0 Å². The van der Waals surface area contributed by atoms with Crippen LogP contribution in [0.15, 0.2) is 17.5 Å². The zero-order chi connectivity index (χ0) is 10.0. The zero-order valence-electron chi connectivity index (χ0n) is 9.05. The minimum absolute atomic E-state index is 0.495. The number of hydrogen-bond acceptors (Lipinski definition) is 2. The van der Waals surface area contributed by atoms with Crippen LogP contribution in [0.1, 0.15) is 31.6 Å². The van der Waals surface area contributed by atoms with Gasteiger partial charge in [0.2, 0.25) is 0 Å². The summed E-state index contributed by atoms with van der Waals surface area (Å²) in [6.45, 7) is 6.98. The first-order valence-electron chi connectivity index (χ1n) is 5.52. The van der Waals surface area contributed by atoms with Gasteiger partial charge in [0.15, 0.2) is 0 Å². The Hall–Kier alpha value is -0.340. The fourth-order valence-electron chi connectivity index (χ4n) is 2.11. The predicted octanol–water partition coefficient (Wildman–Crippen LogP) is 3.03. The Morgan fingerprint density at radius 2 is 2.50 bits per heavy atom. The Labute approximate surface area is 90.5 Å². The molecule has 1 aliphatic carbocycles. The van der Waals surface area contributed by atoms with Gasteiger partial charge in [0.25, 0.3) is 0 Å². The summed E-state index contributed by atoms with van der Waals surface area (Å²) in [5.41, 5.74) is 0.495. The van der Waals surface area contributed by atoms with Crippen molar-refractivity contribution >= 4 is 11.3 Å². The summed E-state index contributed by atoms with van der Waals surface area (Å²) in [6.07, 6.45) is 2.60. The maximum atomic E-state index is 3.52. The lowest BCUT2D eigenvalue weighted by Crippen LogP contribution is -2.20. The molecule has 0 saturated heterocycles. The molecule has 1 aromatic rings. The molecule has 1 N–H and O–H groups in total. The van der Waals surface area contributed by atoms with E-state index in [-0.39, 0.29) is 0 Å². The van der Waals surface area contributed by atoms with Crippen LogP contribution in [0.2, 0.25) is 0 Å². The van der Waals surface area contributed by atoms with Gasteiger partial charge in [0.1, 0.15) is 0 Å². The molecule has 0 bridgehead atoms.